The monoisotopic (exact) mass is 617 g/mol. The van der Waals surface area contributed by atoms with Crippen LogP contribution in [0, 0.1) is 6.92 Å². The van der Waals surface area contributed by atoms with Gasteiger partial charge >= 0.3 is 12.1 Å². The number of amides is 1. The molecule has 0 spiro atoms. The molecule has 2 aliphatic rings. The summed E-state index contributed by atoms with van der Waals surface area (Å²) in [5, 5.41) is 11.9. The summed E-state index contributed by atoms with van der Waals surface area (Å²) in [7, 11) is 0. The van der Waals surface area contributed by atoms with Gasteiger partial charge in [0.15, 0.2) is 5.13 Å². The van der Waals surface area contributed by atoms with E-state index in [2.05, 4.69) is 37.0 Å². The Balaban J connectivity index is 1.31. The third-order valence-corrected chi connectivity index (χ3v) is 8.94. The number of piperazine rings is 1. The number of thiazole rings is 1. The van der Waals surface area contributed by atoms with Crippen molar-refractivity contribution in [2.24, 2.45) is 0 Å². The first-order valence-corrected chi connectivity index (χ1v) is 15.0. The van der Waals surface area contributed by atoms with Crippen LogP contribution in [0.4, 0.5) is 24.1 Å². The molecule has 14 heteroatoms. The number of carboxylic acid groups (broad SMARTS) is 1. The Hall–Kier alpha value is -3.62. The summed E-state index contributed by atoms with van der Waals surface area (Å²) in [5.74, 6) is -0.717. The zero-order valence-corrected chi connectivity index (χ0v) is 24.8. The Kier molecular flexibility index (Phi) is 9.28. The number of nitrogens with zero attached hydrogens (tertiary/aromatic N) is 6. The molecule has 2 aliphatic heterocycles. The van der Waals surface area contributed by atoms with Gasteiger partial charge in [0.05, 0.1) is 30.1 Å². The highest BCUT2D eigenvalue weighted by Crippen LogP contribution is 2.38. The number of hydrogen-bond donors (Lipinski definition) is 2. The number of benzene rings is 1. The van der Waals surface area contributed by atoms with E-state index in [1.54, 1.807) is 6.07 Å². The molecule has 1 unspecified atom stereocenters. The van der Waals surface area contributed by atoms with Crippen molar-refractivity contribution in [1.82, 2.24) is 24.8 Å². The molecule has 5 rings (SSSR count). The Labute approximate surface area is 251 Å². The topological polar surface area (TPSA) is 115 Å². The Morgan fingerprint density at radius 3 is 2.51 bits per heavy atom. The average Bonchev–Trinajstić information content (AvgIpc) is 3.57. The minimum atomic E-state index is -4.49. The minimum absolute atomic E-state index is 0.0880. The van der Waals surface area contributed by atoms with Crippen LogP contribution in [0.5, 0.6) is 0 Å². The molecule has 3 aromatic rings. The fourth-order valence-corrected chi connectivity index (χ4v) is 6.45. The van der Waals surface area contributed by atoms with Crippen LogP contribution in [0.15, 0.2) is 30.6 Å². The van der Waals surface area contributed by atoms with E-state index in [4.69, 9.17) is 5.11 Å². The van der Waals surface area contributed by atoms with Gasteiger partial charge in [-0.2, -0.15) is 13.2 Å². The second-order valence-electron chi connectivity index (χ2n) is 11.0. The molecule has 0 aliphatic carbocycles. The quantitative estimate of drug-likeness (QED) is 0.351. The molecule has 2 saturated heterocycles. The van der Waals surface area contributed by atoms with Crippen molar-refractivity contribution < 1.29 is 27.9 Å². The summed E-state index contributed by atoms with van der Waals surface area (Å²) in [6.45, 7) is 8.20. The van der Waals surface area contributed by atoms with Gasteiger partial charge in [-0.25, -0.2) is 15.0 Å². The van der Waals surface area contributed by atoms with E-state index in [1.165, 1.54) is 36.7 Å². The minimum Gasteiger partial charge on any atom is -0.481 e. The highest BCUT2D eigenvalue weighted by atomic mass is 32.1. The number of carbonyl (C=O) groups is 2. The molecule has 4 heterocycles. The molecule has 43 heavy (non-hydrogen) atoms. The van der Waals surface area contributed by atoms with Crippen LogP contribution in [-0.4, -0.2) is 87.0 Å². The Morgan fingerprint density at radius 1 is 1.12 bits per heavy atom. The fourth-order valence-electron chi connectivity index (χ4n) is 5.44. The summed E-state index contributed by atoms with van der Waals surface area (Å²) < 4.78 is 41.1. The molecular formula is C29H34F3N7O3S. The zero-order chi connectivity index (χ0) is 30.7. The first kappa shape index (κ1) is 30.8. The van der Waals surface area contributed by atoms with Gasteiger partial charge in [-0.1, -0.05) is 23.5 Å². The number of aromatic nitrogens is 3. The number of aliphatic carboxylic acids is 1. The third-order valence-electron chi connectivity index (χ3n) is 7.98. The molecule has 0 radical (unpaired) electrons. The summed E-state index contributed by atoms with van der Waals surface area (Å²) >= 11 is 1.25. The van der Waals surface area contributed by atoms with E-state index in [1.807, 2.05) is 4.90 Å². The molecule has 1 aromatic carbocycles. The van der Waals surface area contributed by atoms with Gasteiger partial charge in [0.25, 0.3) is 5.91 Å². The normalized spacial score (nSPS) is 18.3. The largest absolute Gasteiger partial charge is 0.481 e. The molecule has 0 saturated carbocycles. The van der Waals surface area contributed by atoms with E-state index in [-0.39, 0.29) is 22.8 Å². The molecule has 1 amide bonds. The molecule has 2 N–H and O–H groups in total. The SMILES string of the molecule is Cc1ccc(-c2nc(NC(=O)c3cnc(N4CCN(CCC(=O)O)CC4)cn3)sc2CN2CCCC2C)cc1C(F)(F)F. The van der Waals surface area contributed by atoms with Crippen molar-refractivity contribution in [1.29, 1.82) is 0 Å². The number of anilines is 2. The number of nitrogens with one attached hydrogen (secondary N) is 1. The summed E-state index contributed by atoms with van der Waals surface area (Å²) in [5.41, 5.74) is 0.292. The standard InChI is InChI=1S/C29H34F3N7O3S/c1-18-5-6-20(14-21(18)29(30,31)32)26-23(17-39-8-3-4-19(39)2)43-28(35-26)36-27(42)22-15-34-24(16-33-22)38-12-10-37(11-13-38)9-7-25(40)41/h5-6,14-16,19H,3-4,7-13,17H2,1-2H3,(H,40,41)(H,35,36,42). The van der Waals surface area contributed by atoms with Gasteiger partial charge < -0.3 is 10.0 Å². The summed E-state index contributed by atoms with van der Waals surface area (Å²) in [4.78, 5) is 44.4. The second-order valence-corrected chi connectivity index (χ2v) is 12.0. The van der Waals surface area contributed by atoms with Crippen molar-refractivity contribution in [3.63, 3.8) is 0 Å². The van der Waals surface area contributed by atoms with Crippen molar-refractivity contribution in [2.75, 3.05) is 49.5 Å². The van der Waals surface area contributed by atoms with Crippen LogP contribution in [-0.2, 0) is 17.5 Å². The highest BCUT2D eigenvalue weighted by Gasteiger charge is 2.33. The van der Waals surface area contributed by atoms with E-state index < -0.39 is 23.6 Å². The number of halogens is 3. The number of aryl methyl sites for hydroxylation is 1. The maximum absolute atomic E-state index is 13.7. The van der Waals surface area contributed by atoms with Crippen molar-refractivity contribution in [3.8, 4) is 11.3 Å². The van der Waals surface area contributed by atoms with Crippen LogP contribution in [0.25, 0.3) is 11.3 Å². The van der Waals surface area contributed by atoms with Crippen molar-refractivity contribution in [3.05, 3.63) is 52.3 Å². The number of alkyl halides is 3. The number of hydrogen-bond acceptors (Lipinski definition) is 9. The van der Waals surface area contributed by atoms with Gasteiger partial charge in [0.1, 0.15) is 11.5 Å². The van der Waals surface area contributed by atoms with Gasteiger partial charge in [-0.3, -0.25) is 24.7 Å². The number of rotatable bonds is 9. The maximum Gasteiger partial charge on any atom is 0.416 e. The number of likely N-dealkylation sites (tertiary alicyclic amines) is 1. The Morgan fingerprint density at radius 2 is 1.88 bits per heavy atom. The van der Waals surface area contributed by atoms with Gasteiger partial charge in [-0.15, -0.1) is 0 Å². The lowest BCUT2D eigenvalue weighted by molar-refractivity contribution is -0.138. The smallest absolute Gasteiger partial charge is 0.416 e. The van der Waals surface area contributed by atoms with Crippen LogP contribution in [0.1, 0.15) is 52.7 Å². The number of carbonyl (C=O) groups excluding carboxylic acids is 1. The predicted molar refractivity (Wildman–Crippen MR) is 157 cm³/mol. The van der Waals surface area contributed by atoms with Gasteiger partial charge in [-0.05, 0) is 44.9 Å². The predicted octanol–water partition coefficient (Wildman–Crippen LogP) is 4.76. The summed E-state index contributed by atoms with van der Waals surface area (Å²) in [6, 6.07) is 4.56. The van der Waals surface area contributed by atoms with Crippen molar-refractivity contribution >= 4 is 34.2 Å². The van der Waals surface area contributed by atoms with Gasteiger partial charge in [0.2, 0.25) is 0 Å². The first-order chi connectivity index (χ1) is 20.5. The van der Waals surface area contributed by atoms with Crippen LogP contribution >= 0.6 is 11.3 Å². The van der Waals surface area contributed by atoms with Crippen molar-refractivity contribution in [2.45, 2.75) is 51.9 Å². The summed E-state index contributed by atoms with van der Waals surface area (Å²) in [6.07, 6.45) is 0.628. The first-order valence-electron chi connectivity index (χ1n) is 14.2. The lowest BCUT2D eigenvalue weighted by atomic mass is 10.0. The maximum atomic E-state index is 13.7. The van der Waals surface area contributed by atoms with Crippen LogP contribution in [0.2, 0.25) is 0 Å². The molecule has 1 atom stereocenters. The molecule has 10 nitrogen and oxygen atoms in total. The van der Waals surface area contributed by atoms with Crippen LogP contribution in [0.3, 0.4) is 0 Å². The molecule has 0 bridgehead atoms. The van der Waals surface area contributed by atoms with E-state index in [9.17, 15) is 22.8 Å². The third kappa shape index (κ3) is 7.48. The van der Waals surface area contributed by atoms with E-state index in [0.717, 1.165) is 30.3 Å². The molecule has 2 fully saturated rings. The lowest BCUT2D eigenvalue weighted by Crippen LogP contribution is -2.47. The fraction of sp³-hybridized carbons (Fsp3) is 0.483. The number of carboxylic acids is 1. The molecule has 2 aromatic heterocycles. The van der Waals surface area contributed by atoms with Crippen LogP contribution < -0.4 is 10.2 Å². The molecular weight excluding hydrogens is 583 g/mol. The second kappa shape index (κ2) is 12.9. The van der Waals surface area contributed by atoms with Gasteiger partial charge in [0, 0.05) is 55.8 Å². The molecule has 230 valence electrons. The zero-order valence-electron chi connectivity index (χ0n) is 24.0. The van der Waals surface area contributed by atoms with E-state index in [0.29, 0.717) is 62.4 Å². The highest BCUT2D eigenvalue weighted by molar-refractivity contribution is 7.16. The lowest BCUT2D eigenvalue weighted by Gasteiger charge is -2.34. The Bertz CT molecular complexity index is 1460. The average molecular weight is 618 g/mol. The van der Waals surface area contributed by atoms with E-state index >= 15 is 0 Å².